The van der Waals surface area contributed by atoms with Crippen molar-refractivity contribution in [2.75, 3.05) is 38.3 Å². The Morgan fingerprint density at radius 3 is 2.85 bits per heavy atom. The smallest absolute Gasteiger partial charge is 0.186 e. The number of anilines is 1. The number of benzene rings is 1. The normalized spacial score (nSPS) is 15.4. The summed E-state index contributed by atoms with van der Waals surface area (Å²) in [4.78, 5) is 7.04. The van der Waals surface area contributed by atoms with Gasteiger partial charge in [-0.1, -0.05) is 11.6 Å². The lowest BCUT2D eigenvalue weighted by atomic mass is 10.1. The second kappa shape index (κ2) is 5.81. The van der Waals surface area contributed by atoms with Crippen LogP contribution in [0.2, 0.25) is 0 Å². The molecule has 0 aliphatic carbocycles. The molecule has 1 aromatic heterocycles. The van der Waals surface area contributed by atoms with Crippen LogP contribution in [0.1, 0.15) is 5.56 Å². The molecule has 0 amide bonds. The maximum absolute atomic E-state index is 5.44. The van der Waals surface area contributed by atoms with E-state index >= 15 is 0 Å². The first kappa shape index (κ1) is 13.4. The second-order valence-corrected chi connectivity index (χ2v) is 5.66. The number of ether oxygens (including phenoxy) is 2. The van der Waals surface area contributed by atoms with Crippen LogP contribution in [0.5, 0.6) is 5.75 Å². The van der Waals surface area contributed by atoms with E-state index in [1.54, 1.807) is 18.4 Å². The SMILES string of the molecule is COc1ccc(C)cc1-c1csc(N2CCOCC2)n1. The van der Waals surface area contributed by atoms with Crippen molar-refractivity contribution < 1.29 is 9.47 Å². The predicted octanol–water partition coefficient (Wildman–Crippen LogP) is 2.96. The summed E-state index contributed by atoms with van der Waals surface area (Å²) in [5, 5.41) is 3.16. The fourth-order valence-corrected chi connectivity index (χ4v) is 3.19. The molecular weight excluding hydrogens is 272 g/mol. The third-order valence-corrected chi connectivity index (χ3v) is 4.31. The Bertz CT molecular complexity index is 591. The van der Waals surface area contributed by atoms with Crippen LogP contribution in [-0.4, -0.2) is 38.4 Å². The second-order valence-electron chi connectivity index (χ2n) is 4.82. The first-order valence-corrected chi connectivity index (χ1v) is 7.59. The minimum Gasteiger partial charge on any atom is -0.496 e. The molecule has 0 saturated carbocycles. The van der Waals surface area contributed by atoms with Crippen LogP contribution in [0.25, 0.3) is 11.3 Å². The number of nitrogens with zero attached hydrogens (tertiary/aromatic N) is 2. The number of hydrogen-bond acceptors (Lipinski definition) is 5. The van der Waals surface area contributed by atoms with E-state index in [1.165, 1.54) is 5.56 Å². The van der Waals surface area contributed by atoms with Gasteiger partial charge in [0.1, 0.15) is 5.75 Å². The minimum atomic E-state index is 0.780. The summed E-state index contributed by atoms with van der Waals surface area (Å²) in [5.74, 6) is 0.870. The summed E-state index contributed by atoms with van der Waals surface area (Å²) < 4.78 is 10.8. The van der Waals surface area contributed by atoms with E-state index in [9.17, 15) is 0 Å². The highest BCUT2D eigenvalue weighted by Gasteiger charge is 2.16. The van der Waals surface area contributed by atoms with Crippen molar-refractivity contribution in [1.29, 1.82) is 0 Å². The summed E-state index contributed by atoms with van der Waals surface area (Å²) in [5.41, 5.74) is 3.25. The van der Waals surface area contributed by atoms with Gasteiger partial charge in [0.15, 0.2) is 5.13 Å². The van der Waals surface area contributed by atoms with E-state index in [-0.39, 0.29) is 0 Å². The van der Waals surface area contributed by atoms with Crippen LogP contribution in [0.3, 0.4) is 0 Å². The van der Waals surface area contributed by atoms with Crippen molar-refractivity contribution in [1.82, 2.24) is 4.98 Å². The quantitative estimate of drug-likeness (QED) is 0.870. The van der Waals surface area contributed by atoms with Crippen molar-refractivity contribution in [2.24, 2.45) is 0 Å². The number of thiazole rings is 1. The van der Waals surface area contributed by atoms with Gasteiger partial charge >= 0.3 is 0 Å². The standard InChI is InChI=1S/C15H18N2O2S/c1-11-3-4-14(18-2)12(9-11)13-10-20-15(16-13)17-5-7-19-8-6-17/h3-4,9-10H,5-8H2,1-2H3. The molecule has 0 bridgehead atoms. The molecule has 0 radical (unpaired) electrons. The molecule has 0 atom stereocenters. The molecule has 2 aromatic rings. The highest BCUT2D eigenvalue weighted by atomic mass is 32.1. The molecule has 1 fully saturated rings. The Hall–Kier alpha value is -1.59. The van der Waals surface area contributed by atoms with E-state index in [4.69, 9.17) is 14.5 Å². The van der Waals surface area contributed by atoms with Gasteiger partial charge < -0.3 is 14.4 Å². The van der Waals surface area contributed by atoms with E-state index in [0.29, 0.717) is 0 Å². The van der Waals surface area contributed by atoms with Gasteiger partial charge in [0.05, 0.1) is 26.0 Å². The number of aromatic nitrogens is 1. The van der Waals surface area contributed by atoms with E-state index < -0.39 is 0 Å². The topological polar surface area (TPSA) is 34.6 Å². The number of aryl methyl sites for hydroxylation is 1. The van der Waals surface area contributed by atoms with Gasteiger partial charge in [-0.05, 0) is 19.1 Å². The largest absolute Gasteiger partial charge is 0.496 e. The zero-order valence-electron chi connectivity index (χ0n) is 11.8. The maximum Gasteiger partial charge on any atom is 0.186 e. The Kier molecular flexibility index (Phi) is 3.89. The van der Waals surface area contributed by atoms with Crippen LogP contribution >= 0.6 is 11.3 Å². The van der Waals surface area contributed by atoms with Crippen molar-refractivity contribution in [3.05, 3.63) is 29.1 Å². The molecule has 5 heteroatoms. The summed E-state index contributed by atoms with van der Waals surface area (Å²) >= 11 is 1.68. The van der Waals surface area contributed by atoms with Crippen molar-refractivity contribution in [2.45, 2.75) is 6.92 Å². The molecule has 1 aliphatic rings. The van der Waals surface area contributed by atoms with Crippen molar-refractivity contribution >= 4 is 16.5 Å². The van der Waals surface area contributed by atoms with Crippen LogP contribution in [0.15, 0.2) is 23.6 Å². The number of morpholine rings is 1. The van der Waals surface area contributed by atoms with Crippen LogP contribution in [0.4, 0.5) is 5.13 Å². The monoisotopic (exact) mass is 290 g/mol. The third kappa shape index (κ3) is 2.64. The molecule has 1 aliphatic heterocycles. The van der Waals surface area contributed by atoms with Crippen molar-refractivity contribution in [3.63, 3.8) is 0 Å². The van der Waals surface area contributed by atoms with Gasteiger partial charge in [0, 0.05) is 24.0 Å². The summed E-state index contributed by atoms with van der Waals surface area (Å²) in [7, 11) is 1.70. The van der Waals surface area contributed by atoms with Crippen LogP contribution in [0, 0.1) is 6.92 Å². The van der Waals surface area contributed by atoms with Gasteiger partial charge in [-0.3, -0.25) is 0 Å². The maximum atomic E-state index is 5.44. The van der Waals surface area contributed by atoms with Gasteiger partial charge in [0.25, 0.3) is 0 Å². The van der Waals surface area contributed by atoms with Gasteiger partial charge in [-0.2, -0.15) is 0 Å². The van der Waals surface area contributed by atoms with Crippen LogP contribution in [-0.2, 0) is 4.74 Å². The molecule has 4 nitrogen and oxygen atoms in total. The first-order valence-electron chi connectivity index (χ1n) is 6.71. The van der Waals surface area contributed by atoms with Gasteiger partial charge in [0.2, 0.25) is 0 Å². The Morgan fingerprint density at radius 1 is 1.30 bits per heavy atom. The molecule has 0 N–H and O–H groups in total. The molecule has 1 saturated heterocycles. The highest BCUT2D eigenvalue weighted by Crippen LogP contribution is 2.34. The Balaban J connectivity index is 1.91. The Morgan fingerprint density at radius 2 is 2.10 bits per heavy atom. The number of hydrogen-bond donors (Lipinski definition) is 0. The lowest BCUT2D eigenvalue weighted by Crippen LogP contribution is -2.36. The molecule has 1 aromatic carbocycles. The zero-order chi connectivity index (χ0) is 13.9. The zero-order valence-corrected chi connectivity index (χ0v) is 12.6. The molecule has 20 heavy (non-hydrogen) atoms. The summed E-state index contributed by atoms with van der Waals surface area (Å²) in [6.45, 7) is 5.47. The summed E-state index contributed by atoms with van der Waals surface area (Å²) in [6, 6.07) is 6.17. The molecule has 106 valence electrons. The highest BCUT2D eigenvalue weighted by molar-refractivity contribution is 7.14. The number of methoxy groups -OCH3 is 1. The summed E-state index contributed by atoms with van der Waals surface area (Å²) in [6.07, 6.45) is 0. The van der Waals surface area contributed by atoms with Gasteiger partial charge in [-0.15, -0.1) is 11.3 Å². The van der Waals surface area contributed by atoms with Crippen LogP contribution < -0.4 is 9.64 Å². The third-order valence-electron chi connectivity index (χ3n) is 3.40. The number of rotatable bonds is 3. The molecule has 2 heterocycles. The fraction of sp³-hybridized carbons (Fsp3) is 0.400. The van der Waals surface area contributed by atoms with Gasteiger partial charge in [-0.25, -0.2) is 4.98 Å². The lowest BCUT2D eigenvalue weighted by Gasteiger charge is -2.26. The average molecular weight is 290 g/mol. The molecule has 0 spiro atoms. The minimum absolute atomic E-state index is 0.780. The average Bonchev–Trinajstić information content (AvgIpc) is 2.98. The molecule has 0 unspecified atom stereocenters. The fourth-order valence-electron chi connectivity index (χ4n) is 2.31. The lowest BCUT2D eigenvalue weighted by molar-refractivity contribution is 0.122. The van der Waals surface area contributed by atoms with E-state index in [0.717, 1.165) is 48.4 Å². The predicted molar refractivity (Wildman–Crippen MR) is 81.9 cm³/mol. The molecule has 3 rings (SSSR count). The Labute approximate surface area is 123 Å². The van der Waals surface area contributed by atoms with Crippen molar-refractivity contribution in [3.8, 4) is 17.0 Å². The van der Waals surface area contributed by atoms with E-state index in [1.807, 2.05) is 6.07 Å². The molecular formula is C15H18N2O2S. The first-order chi connectivity index (χ1) is 9.78. The van der Waals surface area contributed by atoms with E-state index in [2.05, 4.69) is 29.3 Å².